The largest absolute Gasteiger partial charge is 0.497 e. The van der Waals surface area contributed by atoms with Crippen molar-refractivity contribution in [3.05, 3.63) is 59.4 Å². The van der Waals surface area contributed by atoms with E-state index in [1.807, 2.05) is 25.4 Å². The van der Waals surface area contributed by atoms with Crippen LogP contribution in [0, 0.1) is 6.92 Å². The van der Waals surface area contributed by atoms with Gasteiger partial charge in [0.1, 0.15) is 5.75 Å². The molecule has 1 aromatic heterocycles. The molecule has 1 aromatic carbocycles. The number of pyridine rings is 1. The zero-order chi connectivity index (χ0) is 13.7. The average molecular weight is 256 g/mol. The van der Waals surface area contributed by atoms with Gasteiger partial charge in [0.25, 0.3) is 0 Å². The van der Waals surface area contributed by atoms with E-state index in [1.54, 1.807) is 7.11 Å². The summed E-state index contributed by atoms with van der Waals surface area (Å²) in [4.78, 5) is 4.46. The second-order valence-electron chi connectivity index (χ2n) is 4.65. The highest BCUT2D eigenvalue weighted by atomic mass is 16.5. The molecule has 19 heavy (non-hydrogen) atoms. The van der Waals surface area contributed by atoms with E-state index in [-0.39, 0.29) is 6.04 Å². The molecule has 0 aliphatic rings. The highest BCUT2D eigenvalue weighted by molar-refractivity contribution is 5.30. The third-order valence-electron chi connectivity index (χ3n) is 3.25. The molecule has 0 radical (unpaired) electrons. The molecular formula is C16H20N2O. The number of ether oxygens (including phenoxy) is 1. The second-order valence-corrected chi connectivity index (χ2v) is 4.65. The fourth-order valence-corrected chi connectivity index (χ4v) is 2.05. The van der Waals surface area contributed by atoms with Crippen LogP contribution in [0.15, 0.2) is 42.6 Å². The predicted molar refractivity (Wildman–Crippen MR) is 77.5 cm³/mol. The molecule has 1 heterocycles. The van der Waals surface area contributed by atoms with Crippen LogP contribution in [-0.2, 0) is 6.42 Å². The van der Waals surface area contributed by atoms with E-state index in [1.165, 1.54) is 11.1 Å². The molecule has 0 fully saturated rings. The molecule has 2 rings (SSSR count). The molecule has 1 unspecified atom stereocenters. The molecule has 0 spiro atoms. The molecule has 1 atom stereocenters. The highest BCUT2D eigenvalue weighted by Crippen LogP contribution is 2.20. The number of aryl methyl sites for hydroxylation is 1. The minimum atomic E-state index is 0.265. The van der Waals surface area contributed by atoms with Crippen molar-refractivity contribution in [3.8, 4) is 5.75 Å². The van der Waals surface area contributed by atoms with Crippen LogP contribution in [-0.4, -0.2) is 19.1 Å². The Morgan fingerprint density at radius 1 is 1.16 bits per heavy atom. The Kier molecular flexibility index (Phi) is 4.53. The van der Waals surface area contributed by atoms with E-state index in [9.17, 15) is 0 Å². The molecule has 0 saturated heterocycles. The minimum absolute atomic E-state index is 0.265. The van der Waals surface area contributed by atoms with Gasteiger partial charge >= 0.3 is 0 Å². The summed E-state index contributed by atoms with van der Waals surface area (Å²) in [7, 11) is 3.66. The lowest BCUT2D eigenvalue weighted by Gasteiger charge is -2.16. The lowest BCUT2D eigenvalue weighted by atomic mass is 10.0. The summed E-state index contributed by atoms with van der Waals surface area (Å²) in [5.74, 6) is 0.882. The van der Waals surface area contributed by atoms with Gasteiger partial charge < -0.3 is 10.1 Å². The van der Waals surface area contributed by atoms with Gasteiger partial charge in [-0.25, -0.2) is 0 Å². The molecule has 1 N–H and O–H groups in total. The molecule has 0 aliphatic heterocycles. The van der Waals surface area contributed by atoms with Crippen LogP contribution >= 0.6 is 0 Å². The van der Waals surface area contributed by atoms with Crippen molar-refractivity contribution in [1.29, 1.82) is 0 Å². The summed E-state index contributed by atoms with van der Waals surface area (Å²) in [6.45, 7) is 2.05. The van der Waals surface area contributed by atoms with Gasteiger partial charge in [0, 0.05) is 24.4 Å². The van der Waals surface area contributed by atoms with E-state index in [2.05, 4.69) is 41.5 Å². The lowest BCUT2D eigenvalue weighted by molar-refractivity contribution is 0.414. The summed E-state index contributed by atoms with van der Waals surface area (Å²) < 4.78 is 5.18. The smallest absolute Gasteiger partial charge is 0.118 e. The summed E-state index contributed by atoms with van der Waals surface area (Å²) in [5, 5.41) is 3.34. The molecular weight excluding hydrogens is 236 g/mol. The Balaban J connectivity index is 2.12. The summed E-state index contributed by atoms with van der Waals surface area (Å²) in [6.07, 6.45) is 2.79. The number of nitrogens with zero attached hydrogens (tertiary/aromatic N) is 1. The Hall–Kier alpha value is -1.87. The SMILES string of the molecule is CNC(Cc1ccc(C)cn1)c1ccc(OC)cc1. The van der Waals surface area contributed by atoms with Gasteiger partial charge in [-0.2, -0.15) is 0 Å². The third kappa shape index (κ3) is 3.55. The van der Waals surface area contributed by atoms with E-state index in [0.717, 1.165) is 17.9 Å². The topological polar surface area (TPSA) is 34.2 Å². The monoisotopic (exact) mass is 256 g/mol. The Labute approximate surface area is 114 Å². The molecule has 0 bridgehead atoms. The first-order chi connectivity index (χ1) is 9.22. The summed E-state index contributed by atoms with van der Waals surface area (Å²) in [6, 6.07) is 12.6. The van der Waals surface area contributed by atoms with Crippen molar-refractivity contribution in [3.63, 3.8) is 0 Å². The maximum Gasteiger partial charge on any atom is 0.118 e. The van der Waals surface area contributed by atoms with Gasteiger partial charge in [-0.1, -0.05) is 18.2 Å². The number of rotatable bonds is 5. The van der Waals surface area contributed by atoms with E-state index in [0.29, 0.717) is 0 Å². The molecule has 0 aliphatic carbocycles. The molecule has 3 heteroatoms. The molecule has 100 valence electrons. The Morgan fingerprint density at radius 3 is 2.42 bits per heavy atom. The number of hydrogen-bond acceptors (Lipinski definition) is 3. The number of aromatic nitrogens is 1. The van der Waals surface area contributed by atoms with Crippen LogP contribution in [0.3, 0.4) is 0 Å². The lowest BCUT2D eigenvalue weighted by Crippen LogP contribution is -2.19. The molecule has 0 amide bonds. The van der Waals surface area contributed by atoms with Gasteiger partial charge in [0.15, 0.2) is 0 Å². The van der Waals surface area contributed by atoms with Crippen LogP contribution in [0.2, 0.25) is 0 Å². The van der Waals surface area contributed by atoms with Crippen LogP contribution in [0.4, 0.5) is 0 Å². The number of methoxy groups -OCH3 is 1. The zero-order valence-electron chi connectivity index (χ0n) is 11.7. The predicted octanol–water partition coefficient (Wildman–Crippen LogP) is 2.90. The molecule has 3 nitrogen and oxygen atoms in total. The van der Waals surface area contributed by atoms with E-state index < -0.39 is 0 Å². The zero-order valence-corrected chi connectivity index (χ0v) is 11.7. The van der Waals surface area contributed by atoms with Crippen molar-refractivity contribution >= 4 is 0 Å². The van der Waals surface area contributed by atoms with Crippen molar-refractivity contribution < 1.29 is 4.74 Å². The summed E-state index contributed by atoms with van der Waals surface area (Å²) in [5.41, 5.74) is 3.53. The first kappa shape index (κ1) is 13.6. The van der Waals surface area contributed by atoms with Gasteiger partial charge in [-0.15, -0.1) is 0 Å². The van der Waals surface area contributed by atoms with Crippen molar-refractivity contribution in [2.24, 2.45) is 0 Å². The van der Waals surface area contributed by atoms with Gasteiger partial charge in [0.2, 0.25) is 0 Å². The first-order valence-electron chi connectivity index (χ1n) is 6.45. The van der Waals surface area contributed by atoms with Crippen LogP contribution < -0.4 is 10.1 Å². The fourth-order valence-electron chi connectivity index (χ4n) is 2.05. The number of hydrogen-bond donors (Lipinski definition) is 1. The van der Waals surface area contributed by atoms with Crippen LogP contribution in [0.25, 0.3) is 0 Å². The van der Waals surface area contributed by atoms with E-state index in [4.69, 9.17) is 4.74 Å². The van der Waals surface area contributed by atoms with Crippen LogP contribution in [0.5, 0.6) is 5.75 Å². The van der Waals surface area contributed by atoms with Gasteiger partial charge in [-0.05, 0) is 43.3 Å². The van der Waals surface area contributed by atoms with Gasteiger partial charge in [0.05, 0.1) is 7.11 Å². The number of nitrogens with one attached hydrogen (secondary N) is 1. The maximum atomic E-state index is 5.18. The second kappa shape index (κ2) is 6.34. The minimum Gasteiger partial charge on any atom is -0.497 e. The number of benzene rings is 1. The average Bonchev–Trinajstić information content (AvgIpc) is 2.47. The van der Waals surface area contributed by atoms with E-state index >= 15 is 0 Å². The maximum absolute atomic E-state index is 5.18. The van der Waals surface area contributed by atoms with Gasteiger partial charge in [-0.3, -0.25) is 4.98 Å². The van der Waals surface area contributed by atoms with Crippen molar-refractivity contribution in [2.45, 2.75) is 19.4 Å². The highest BCUT2D eigenvalue weighted by Gasteiger charge is 2.10. The fraction of sp³-hybridized carbons (Fsp3) is 0.312. The Morgan fingerprint density at radius 2 is 1.89 bits per heavy atom. The summed E-state index contributed by atoms with van der Waals surface area (Å²) >= 11 is 0. The van der Waals surface area contributed by atoms with Crippen LogP contribution in [0.1, 0.15) is 22.9 Å². The number of likely N-dealkylation sites (N-methyl/N-ethyl adjacent to an activating group) is 1. The van der Waals surface area contributed by atoms with Crippen molar-refractivity contribution in [2.75, 3.05) is 14.2 Å². The Bertz CT molecular complexity index is 505. The first-order valence-corrected chi connectivity index (χ1v) is 6.45. The normalized spacial score (nSPS) is 12.2. The molecule has 0 saturated carbocycles. The standard InChI is InChI=1S/C16H20N2O/c1-12-4-7-14(18-11-12)10-16(17-2)13-5-8-15(19-3)9-6-13/h4-9,11,16-17H,10H2,1-3H3. The quantitative estimate of drug-likeness (QED) is 0.893. The molecule has 2 aromatic rings. The van der Waals surface area contributed by atoms with Crippen molar-refractivity contribution in [1.82, 2.24) is 10.3 Å². The third-order valence-corrected chi connectivity index (χ3v) is 3.25.